The normalized spacial score (nSPS) is 12.8. The highest BCUT2D eigenvalue weighted by molar-refractivity contribution is 6.31. The molecule has 1 atom stereocenters. The predicted octanol–water partition coefficient (Wildman–Crippen LogP) is 2.01. The zero-order valence-electron chi connectivity index (χ0n) is 12.7. The summed E-state index contributed by atoms with van der Waals surface area (Å²) < 4.78 is 8.81. The summed E-state index contributed by atoms with van der Waals surface area (Å²) in [4.78, 5) is 0. The van der Waals surface area contributed by atoms with E-state index in [-0.39, 0.29) is 6.04 Å². The Hall–Kier alpha value is -1.37. The summed E-state index contributed by atoms with van der Waals surface area (Å²) in [6.07, 6.45) is 4.64. The third kappa shape index (κ3) is 3.84. The van der Waals surface area contributed by atoms with E-state index >= 15 is 0 Å². The average molecular weight is 312 g/mol. The molecule has 0 aliphatic heterocycles. The van der Waals surface area contributed by atoms with Crippen LogP contribution in [0.5, 0.6) is 0 Å². The lowest BCUT2D eigenvalue weighted by Crippen LogP contribution is -2.27. The van der Waals surface area contributed by atoms with Crippen LogP contribution in [0.25, 0.3) is 0 Å². The first-order chi connectivity index (χ1) is 10.2. The van der Waals surface area contributed by atoms with Crippen molar-refractivity contribution in [2.75, 3.05) is 20.3 Å². The van der Waals surface area contributed by atoms with Gasteiger partial charge in [0.1, 0.15) is 0 Å². The number of aryl methyl sites for hydroxylation is 1. The highest BCUT2D eigenvalue weighted by Gasteiger charge is 2.23. The van der Waals surface area contributed by atoms with Crippen LogP contribution in [-0.4, -0.2) is 39.8 Å². The molecule has 6 nitrogen and oxygen atoms in total. The van der Waals surface area contributed by atoms with Gasteiger partial charge in [0.2, 0.25) is 0 Å². The van der Waals surface area contributed by atoms with Crippen molar-refractivity contribution in [2.45, 2.75) is 25.9 Å². The molecule has 21 heavy (non-hydrogen) atoms. The second-order valence-electron chi connectivity index (χ2n) is 4.90. The molecule has 0 saturated carbocycles. The SMILES string of the molecule is CCCNC(c1ccn(C)n1)c1c(Cl)cnn1CCOC. The fourth-order valence-electron chi connectivity index (χ4n) is 2.23. The number of halogens is 1. The molecule has 0 spiro atoms. The van der Waals surface area contributed by atoms with Gasteiger partial charge in [0.05, 0.1) is 41.8 Å². The van der Waals surface area contributed by atoms with Crippen molar-refractivity contribution in [1.29, 1.82) is 0 Å². The summed E-state index contributed by atoms with van der Waals surface area (Å²) in [5.74, 6) is 0. The summed E-state index contributed by atoms with van der Waals surface area (Å²) in [6.45, 7) is 4.27. The van der Waals surface area contributed by atoms with Crippen molar-refractivity contribution < 1.29 is 4.74 Å². The van der Waals surface area contributed by atoms with Gasteiger partial charge in [-0.1, -0.05) is 18.5 Å². The first kappa shape index (κ1) is 16.0. The lowest BCUT2D eigenvalue weighted by Gasteiger charge is -2.19. The molecule has 1 unspecified atom stereocenters. The van der Waals surface area contributed by atoms with Crippen LogP contribution in [0, 0.1) is 0 Å². The van der Waals surface area contributed by atoms with Gasteiger partial charge >= 0.3 is 0 Å². The average Bonchev–Trinajstić information content (AvgIpc) is 3.05. The van der Waals surface area contributed by atoms with E-state index in [0.29, 0.717) is 18.2 Å². The van der Waals surface area contributed by atoms with Crippen LogP contribution in [0.4, 0.5) is 0 Å². The minimum Gasteiger partial charge on any atom is -0.383 e. The maximum atomic E-state index is 6.36. The molecule has 2 rings (SSSR count). The standard InChI is InChI=1S/C14H22ClN5O/c1-4-6-16-13(12-5-7-19(2)18-12)14-11(15)10-17-20(14)8-9-21-3/h5,7,10,13,16H,4,6,8-9H2,1-3H3. The van der Waals surface area contributed by atoms with E-state index in [1.807, 2.05) is 24.0 Å². The van der Waals surface area contributed by atoms with Crippen molar-refractivity contribution in [2.24, 2.45) is 7.05 Å². The Kier molecular flexibility index (Phi) is 5.78. The smallest absolute Gasteiger partial charge is 0.0955 e. The van der Waals surface area contributed by atoms with Gasteiger partial charge in [-0.3, -0.25) is 9.36 Å². The summed E-state index contributed by atoms with van der Waals surface area (Å²) in [7, 11) is 3.58. The van der Waals surface area contributed by atoms with Crippen LogP contribution in [0.3, 0.4) is 0 Å². The van der Waals surface area contributed by atoms with Crippen molar-refractivity contribution in [3.8, 4) is 0 Å². The minimum atomic E-state index is -0.0713. The number of aromatic nitrogens is 4. The number of hydrogen-bond acceptors (Lipinski definition) is 4. The Morgan fingerprint density at radius 2 is 2.29 bits per heavy atom. The molecule has 0 aliphatic carbocycles. The highest BCUT2D eigenvalue weighted by Crippen LogP contribution is 2.27. The Bertz CT molecular complexity index is 565. The molecular formula is C14H22ClN5O. The maximum Gasteiger partial charge on any atom is 0.0955 e. The third-order valence-electron chi connectivity index (χ3n) is 3.24. The monoisotopic (exact) mass is 311 g/mol. The van der Waals surface area contributed by atoms with E-state index in [9.17, 15) is 0 Å². The second-order valence-corrected chi connectivity index (χ2v) is 5.30. The lowest BCUT2D eigenvalue weighted by atomic mass is 10.1. The molecule has 0 bridgehead atoms. The Morgan fingerprint density at radius 3 is 2.90 bits per heavy atom. The van der Waals surface area contributed by atoms with Crippen molar-refractivity contribution in [3.63, 3.8) is 0 Å². The number of rotatable bonds is 8. The van der Waals surface area contributed by atoms with E-state index in [0.717, 1.165) is 24.4 Å². The van der Waals surface area contributed by atoms with Gasteiger partial charge < -0.3 is 10.1 Å². The number of methoxy groups -OCH3 is 1. The quantitative estimate of drug-likeness (QED) is 0.810. The molecule has 1 N–H and O–H groups in total. The van der Waals surface area contributed by atoms with Crippen LogP contribution in [0.1, 0.15) is 30.8 Å². The fourth-order valence-corrected chi connectivity index (χ4v) is 2.48. The van der Waals surface area contributed by atoms with Crippen molar-refractivity contribution >= 4 is 11.6 Å². The van der Waals surface area contributed by atoms with Gasteiger partial charge in [0.25, 0.3) is 0 Å². The van der Waals surface area contributed by atoms with E-state index < -0.39 is 0 Å². The molecule has 0 fully saturated rings. The van der Waals surface area contributed by atoms with Gasteiger partial charge in [-0.15, -0.1) is 0 Å². The van der Waals surface area contributed by atoms with Crippen molar-refractivity contribution in [3.05, 3.63) is 34.9 Å². The first-order valence-corrected chi connectivity index (χ1v) is 7.48. The largest absolute Gasteiger partial charge is 0.383 e. The summed E-state index contributed by atoms with van der Waals surface area (Å²) in [5.41, 5.74) is 1.87. The maximum absolute atomic E-state index is 6.36. The van der Waals surface area contributed by atoms with Gasteiger partial charge in [0, 0.05) is 20.4 Å². The Labute approximate surface area is 130 Å². The topological polar surface area (TPSA) is 56.9 Å². The van der Waals surface area contributed by atoms with Gasteiger partial charge in [-0.25, -0.2) is 0 Å². The van der Waals surface area contributed by atoms with Crippen LogP contribution in [0.15, 0.2) is 18.5 Å². The molecule has 7 heteroatoms. The number of hydrogen-bond donors (Lipinski definition) is 1. The zero-order valence-corrected chi connectivity index (χ0v) is 13.5. The van der Waals surface area contributed by atoms with E-state index in [2.05, 4.69) is 22.4 Å². The van der Waals surface area contributed by atoms with Crippen LogP contribution in [-0.2, 0) is 18.3 Å². The minimum absolute atomic E-state index is 0.0713. The van der Waals surface area contributed by atoms with E-state index in [1.54, 1.807) is 18.0 Å². The number of ether oxygens (including phenoxy) is 1. The highest BCUT2D eigenvalue weighted by atomic mass is 35.5. The second kappa shape index (κ2) is 7.59. The van der Waals surface area contributed by atoms with Gasteiger partial charge in [0.15, 0.2) is 0 Å². The summed E-state index contributed by atoms with van der Waals surface area (Å²) in [5, 5.41) is 13.0. The molecule has 0 amide bonds. The molecule has 0 aliphatic rings. The number of nitrogens with one attached hydrogen (secondary N) is 1. The predicted molar refractivity (Wildman–Crippen MR) is 82.5 cm³/mol. The molecule has 0 aromatic carbocycles. The molecule has 2 heterocycles. The van der Waals surface area contributed by atoms with Gasteiger partial charge in [-0.05, 0) is 19.0 Å². The molecule has 0 radical (unpaired) electrons. The zero-order chi connectivity index (χ0) is 15.2. The fraction of sp³-hybridized carbons (Fsp3) is 0.571. The Morgan fingerprint density at radius 1 is 1.48 bits per heavy atom. The van der Waals surface area contributed by atoms with Crippen LogP contribution < -0.4 is 5.32 Å². The Balaban J connectivity index is 2.33. The molecular weight excluding hydrogens is 290 g/mol. The van der Waals surface area contributed by atoms with Crippen molar-refractivity contribution in [1.82, 2.24) is 24.9 Å². The summed E-state index contributed by atoms with van der Waals surface area (Å²) in [6, 6.07) is 1.93. The molecule has 2 aromatic rings. The summed E-state index contributed by atoms with van der Waals surface area (Å²) >= 11 is 6.36. The van der Waals surface area contributed by atoms with E-state index in [1.165, 1.54) is 0 Å². The first-order valence-electron chi connectivity index (χ1n) is 7.10. The molecule has 116 valence electrons. The molecule has 0 saturated heterocycles. The molecule has 2 aromatic heterocycles. The third-order valence-corrected chi connectivity index (χ3v) is 3.53. The van der Waals surface area contributed by atoms with Crippen LogP contribution >= 0.6 is 11.6 Å². The number of nitrogens with zero attached hydrogens (tertiary/aromatic N) is 4. The van der Waals surface area contributed by atoms with Crippen LogP contribution in [0.2, 0.25) is 5.02 Å². The van der Waals surface area contributed by atoms with E-state index in [4.69, 9.17) is 16.3 Å². The van der Waals surface area contributed by atoms with Gasteiger partial charge in [-0.2, -0.15) is 10.2 Å². The lowest BCUT2D eigenvalue weighted by molar-refractivity contribution is 0.182.